The molecule has 0 saturated heterocycles. The molecule has 0 aliphatic rings. The number of guanidine groups is 1. The van der Waals surface area contributed by atoms with Gasteiger partial charge in [0.25, 0.3) is 0 Å². The second kappa shape index (κ2) is 11.6. The van der Waals surface area contributed by atoms with E-state index >= 15 is 0 Å². The lowest BCUT2D eigenvalue weighted by Crippen LogP contribution is -2.36. The Labute approximate surface area is 183 Å². The first-order chi connectivity index (χ1) is 15.0. The lowest BCUT2D eigenvalue weighted by molar-refractivity contribution is 0.323. The fraction of sp³-hybridized carbons (Fsp3) is 0.409. The van der Waals surface area contributed by atoms with Gasteiger partial charge in [-0.25, -0.2) is 0 Å². The monoisotopic (exact) mass is 433 g/mol. The minimum absolute atomic E-state index is 0.471. The average molecular weight is 434 g/mol. The smallest absolute Gasteiger partial charge is 0.203 e. The van der Waals surface area contributed by atoms with Crippen LogP contribution in [0.5, 0.6) is 34.5 Å². The maximum atomic E-state index is 5.48. The third-order valence-corrected chi connectivity index (χ3v) is 4.64. The van der Waals surface area contributed by atoms with Crippen molar-refractivity contribution in [3.8, 4) is 34.5 Å². The van der Waals surface area contributed by atoms with Crippen LogP contribution >= 0.6 is 0 Å². The third-order valence-electron chi connectivity index (χ3n) is 4.64. The van der Waals surface area contributed by atoms with Gasteiger partial charge in [0.05, 0.1) is 42.7 Å². The maximum Gasteiger partial charge on any atom is 0.203 e. The molecule has 0 aromatic heterocycles. The first kappa shape index (κ1) is 23.8. The molecule has 0 unspecified atom stereocenters. The molecule has 0 aliphatic carbocycles. The normalized spacial score (nSPS) is 10.9. The third kappa shape index (κ3) is 5.78. The number of hydrogen-bond donors (Lipinski definition) is 2. The molecule has 0 aliphatic heterocycles. The van der Waals surface area contributed by atoms with Crippen LogP contribution in [0, 0.1) is 0 Å². The van der Waals surface area contributed by atoms with Crippen LogP contribution in [-0.2, 0) is 13.1 Å². The number of hydrogen-bond acceptors (Lipinski definition) is 7. The van der Waals surface area contributed by atoms with E-state index in [2.05, 4.69) is 15.6 Å². The van der Waals surface area contributed by atoms with Crippen molar-refractivity contribution in [2.45, 2.75) is 13.1 Å². The van der Waals surface area contributed by atoms with E-state index in [1.807, 2.05) is 18.2 Å². The number of benzene rings is 2. The molecule has 0 saturated carbocycles. The van der Waals surface area contributed by atoms with E-state index in [0.717, 1.165) is 11.1 Å². The van der Waals surface area contributed by atoms with Gasteiger partial charge in [-0.3, -0.25) is 4.99 Å². The van der Waals surface area contributed by atoms with Gasteiger partial charge in [-0.1, -0.05) is 0 Å². The Hall–Kier alpha value is -3.49. The highest BCUT2D eigenvalue weighted by molar-refractivity contribution is 5.79. The molecule has 0 spiro atoms. The van der Waals surface area contributed by atoms with Gasteiger partial charge in [-0.15, -0.1) is 0 Å². The van der Waals surface area contributed by atoms with E-state index in [-0.39, 0.29) is 0 Å². The van der Waals surface area contributed by atoms with Crippen LogP contribution in [0.25, 0.3) is 0 Å². The quantitative estimate of drug-likeness (QED) is 0.436. The number of aliphatic imine (C=N–C) groups is 1. The Morgan fingerprint density at radius 2 is 1.16 bits per heavy atom. The largest absolute Gasteiger partial charge is 0.496 e. The summed E-state index contributed by atoms with van der Waals surface area (Å²) in [7, 11) is 11.3. The minimum atomic E-state index is 0.471. The fourth-order valence-corrected chi connectivity index (χ4v) is 3.05. The van der Waals surface area contributed by atoms with Crippen LogP contribution in [0.2, 0.25) is 0 Å². The summed E-state index contributed by atoms with van der Waals surface area (Å²) in [5, 5.41) is 6.55. The van der Waals surface area contributed by atoms with Crippen LogP contribution in [0.15, 0.2) is 29.3 Å². The predicted molar refractivity (Wildman–Crippen MR) is 119 cm³/mol. The molecule has 0 heterocycles. The highest BCUT2D eigenvalue weighted by atomic mass is 16.5. The topological polar surface area (TPSA) is 91.8 Å². The van der Waals surface area contributed by atoms with Crippen molar-refractivity contribution in [1.29, 1.82) is 0 Å². The zero-order valence-electron chi connectivity index (χ0n) is 19.1. The van der Waals surface area contributed by atoms with Gasteiger partial charge < -0.3 is 39.1 Å². The van der Waals surface area contributed by atoms with Crippen molar-refractivity contribution < 1.29 is 28.4 Å². The molecule has 0 bridgehead atoms. The summed E-state index contributed by atoms with van der Waals surface area (Å²) < 4.78 is 32.4. The van der Waals surface area contributed by atoms with Crippen molar-refractivity contribution in [2.75, 3.05) is 49.7 Å². The van der Waals surface area contributed by atoms with Crippen molar-refractivity contribution in [1.82, 2.24) is 10.6 Å². The molecule has 2 N–H and O–H groups in total. The van der Waals surface area contributed by atoms with Crippen molar-refractivity contribution >= 4 is 5.96 Å². The molecule has 0 fully saturated rings. The van der Waals surface area contributed by atoms with Gasteiger partial charge >= 0.3 is 0 Å². The lowest BCUT2D eigenvalue weighted by atomic mass is 10.1. The van der Waals surface area contributed by atoms with Crippen LogP contribution in [0.1, 0.15) is 11.1 Å². The Morgan fingerprint density at radius 1 is 0.645 bits per heavy atom. The molecule has 0 amide bonds. The molecule has 0 radical (unpaired) electrons. The second-order valence-electron chi connectivity index (χ2n) is 6.33. The van der Waals surface area contributed by atoms with Gasteiger partial charge in [0, 0.05) is 31.8 Å². The molecule has 0 atom stereocenters. The molecular weight excluding hydrogens is 402 g/mol. The van der Waals surface area contributed by atoms with Crippen molar-refractivity contribution in [2.24, 2.45) is 4.99 Å². The highest BCUT2D eigenvalue weighted by Crippen LogP contribution is 2.38. The van der Waals surface area contributed by atoms with Crippen molar-refractivity contribution in [3.63, 3.8) is 0 Å². The summed E-state index contributed by atoms with van der Waals surface area (Å²) in [6.07, 6.45) is 0. The van der Waals surface area contributed by atoms with E-state index in [4.69, 9.17) is 28.4 Å². The van der Waals surface area contributed by atoms with Gasteiger partial charge in [0.1, 0.15) is 5.75 Å². The summed E-state index contributed by atoms with van der Waals surface area (Å²) in [6.45, 7) is 0.970. The van der Waals surface area contributed by atoms with E-state index in [0.29, 0.717) is 53.5 Å². The summed E-state index contributed by atoms with van der Waals surface area (Å²) in [5.74, 6) is 4.27. The first-order valence-electron chi connectivity index (χ1n) is 9.57. The Balaban J connectivity index is 2.11. The fourth-order valence-electron chi connectivity index (χ4n) is 3.05. The Morgan fingerprint density at radius 3 is 1.65 bits per heavy atom. The average Bonchev–Trinajstić information content (AvgIpc) is 2.82. The SMILES string of the molecule is CN=C(NCc1cc(OC)c(OC)c(OC)c1)NCc1cc(OC)c(OC)cc1OC. The molecule has 2 rings (SSSR count). The Bertz CT molecular complexity index is 876. The highest BCUT2D eigenvalue weighted by Gasteiger charge is 2.14. The molecule has 9 nitrogen and oxygen atoms in total. The lowest BCUT2D eigenvalue weighted by Gasteiger charge is -2.17. The van der Waals surface area contributed by atoms with Crippen molar-refractivity contribution in [3.05, 3.63) is 35.4 Å². The van der Waals surface area contributed by atoms with Crippen LogP contribution in [0.3, 0.4) is 0 Å². The summed E-state index contributed by atoms with van der Waals surface area (Å²) in [6, 6.07) is 7.44. The van der Waals surface area contributed by atoms with Crippen LogP contribution < -0.4 is 39.1 Å². The Kier molecular flexibility index (Phi) is 8.93. The molecule has 2 aromatic carbocycles. The molecular formula is C22H31N3O6. The first-order valence-corrected chi connectivity index (χ1v) is 9.57. The summed E-state index contributed by atoms with van der Waals surface area (Å²) in [5.41, 5.74) is 1.84. The van der Waals surface area contributed by atoms with E-state index in [9.17, 15) is 0 Å². The van der Waals surface area contributed by atoms with Crippen LogP contribution in [0.4, 0.5) is 0 Å². The standard InChI is InChI=1S/C22H31N3O6/c1-23-22(24-12-14-8-19(29-5)21(31-7)20(9-14)30-6)25-13-15-10-17(27-3)18(28-4)11-16(15)26-2/h8-11H,12-13H2,1-7H3,(H2,23,24,25). The molecule has 170 valence electrons. The van der Waals surface area contributed by atoms with Gasteiger partial charge in [0.2, 0.25) is 5.75 Å². The molecule has 9 heteroatoms. The zero-order chi connectivity index (χ0) is 22.8. The number of rotatable bonds is 10. The number of ether oxygens (including phenoxy) is 6. The number of nitrogens with one attached hydrogen (secondary N) is 2. The van der Waals surface area contributed by atoms with Gasteiger partial charge in [-0.2, -0.15) is 0 Å². The minimum Gasteiger partial charge on any atom is -0.496 e. The zero-order valence-corrected chi connectivity index (χ0v) is 19.1. The summed E-state index contributed by atoms with van der Waals surface area (Å²) >= 11 is 0. The molecule has 2 aromatic rings. The van der Waals surface area contributed by atoms with Crippen LogP contribution in [-0.4, -0.2) is 55.7 Å². The van der Waals surface area contributed by atoms with Gasteiger partial charge in [-0.05, 0) is 23.8 Å². The predicted octanol–water partition coefficient (Wildman–Crippen LogP) is 2.60. The number of nitrogens with zero attached hydrogens (tertiary/aromatic N) is 1. The van der Waals surface area contributed by atoms with E-state index in [1.54, 1.807) is 55.8 Å². The van der Waals surface area contributed by atoms with E-state index in [1.165, 1.54) is 0 Å². The maximum absolute atomic E-state index is 5.48. The number of methoxy groups -OCH3 is 6. The second-order valence-corrected chi connectivity index (χ2v) is 6.33. The molecule has 31 heavy (non-hydrogen) atoms. The van der Waals surface area contributed by atoms with Gasteiger partial charge in [0.15, 0.2) is 29.0 Å². The summed E-state index contributed by atoms with van der Waals surface area (Å²) in [4.78, 5) is 4.28. The van der Waals surface area contributed by atoms with E-state index < -0.39 is 0 Å².